The summed E-state index contributed by atoms with van der Waals surface area (Å²) in [5, 5.41) is 9.86. The highest BCUT2D eigenvalue weighted by molar-refractivity contribution is 5.53. The minimum absolute atomic E-state index is 0.240. The Kier molecular flexibility index (Phi) is 4.19. The third-order valence-electron chi connectivity index (χ3n) is 3.22. The van der Waals surface area contributed by atoms with Gasteiger partial charge >= 0.3 is 0 Å². The molecule has 0 spiro atoms. The molecule has 1 aromatic carbocycles. The van der Waals surface area contributed by atoms with E-state index in [2.05, 4.69) is 6.92 Å². The maximum absolute atomic E-state index is 9.86. The fourth-order valence-electron chi connectivity index (χ4n) is 1.97. The number of phenolic OH excluding ortho intramolecular Hbond substituents is 1. The van der Waals surface area contributed by atoms with Crippen molar-refractivity contribution in [2.75, 3.05) is 13.7 Å². The number of hydrogen-bond donors (Lipinski definition) is 2. The number of aromatic hydroxyl groups is 1. The van der Waals surface area contributed by atoms with Gasteiger partial charge in [0.25, 0.3) is 0 Å². The quantitative estimate of drug-likeness (QED) is 0.824. The first-order chi connectivity index (χ1) is 7.52. The molecule has 1 atom stereocenters. The van der Waals surface area contributed by atoms with Crippen molar-refractivity contribution in [3.63, 3.8) is 0 Å². The van der Waals surface area contributed by atoms with Crippen LogP contribution in [0.3, 0.4) is 0 Å². The number of hydrogen-bond acceptors (Lipinski definition) is 3. The molecule has 0 fully saturated rings. The zero-order chi connectivity index (χ0) is 12.3. The van der Waals surface area contributed by atoms with Crippen molar-refractivity contribution in [3.8, 4) is 11.5 Å². The van der Waals surface area contributed by atoms with Crippen LogP contribution in [0.5, 0.6) is 11.5 Å². The zero-order valence-corrected chi connectivity index (χ0v) is 10.5. The van der Waals surface area contributed by atoms with Crippen LogP contribution in [0, 0.1) is 13.8 Å². The lowest BCUT2D eigenvalue weighted by Crippen LogP contribution is -2.07. The first kappa shape index (κ1) is 12.8. The number of ether oxygens (including phenoxy) is 1. The maximum atomic E-state index is 9.86. The molecule has 1 aromatic rings. The van der Waals surface area contributed by atoms with Crippen LogP contribution in [0.25, 0.3) is 0 Å². The average Bonchev–Trinajstić information content (AvgIpc) is 2.27. The number of methoxy groups -OCH3 is 1. The first-order valence-electron chi connectivity index (χ1n) is 5.60. The molecule has 0 aromatic heterocycles. The summed E-state index contributed by atoms with van der Waals surface area (Å²) in [6.07, 6.45) is 0.939. The summed E-state index contributed by atoms with van der Waals surface area (Å²) in [6.45, 7) is 6.75. The standard InChI is InChI=1S/C13H21NO2/c1-8(5-6-14)11-7-12(16-4)13(15)10(3)9(11)2/h7-8,15H,5-6,14H2,1-4H3. The summed E-state index contributed by atoms with van der Waals surface area (Å²) in [5.41, 5.74) is 8.79. The fourth-order valence-corrected chi connectivity index (χ4v) is 1.97. The van der Waals surface area contributed by atoms with E-state index in [1.54, 1.807) is 7.11 Å². The van der Waals surface area contributed by atoms with Crippen molar-refractivity contribution in [1.82, 2.24) is 0 Å². The molecular formula is C13H21NO2. The number of rotatable bonds is 4. The highest BCUT2D eigenvalue weighted by atomic mass is 16.5. The van der Waals surface area contributed by atoms with Crippen LogP contribution in [0.15, 0.2) is 6.07 Å². The molecule has 0 saturated carbocycles. The summed E-state index contributed by atoms with van der Waals surface area (Å²) in [6, 6.07) is 1.91. The van der Waals surface area contributed by atoms with Crippen LogP contribution in [-0.2, 0) is 0 Å². The van der Waals surface area contributed by atoms with Gasteiger partial charge in [0.2, 0.25) is 0 Å². The van der Waals surface area contributed by atoms with E-state index in [1.165, 1.54) is 5.56 Å². The van der Waals surface area contributed by atoms with E-state index in [1.807, 2.05) is 19.9 Å². The van der Waals surface area contributed by atoms with Crippen molar-refractivity contribution in [3.05, 3.63) is 22.8 Å². The Balaban J connectivity index is 3.24. The molecular weight excluding hydrogens is 202 g/mol. The van der Waals surface area contributed by atoms with Crippen molar-refractivity contribution in [2.45, 2.75) is 33.1 Å². The molecule has 3 N–H and O–H groups in total. The lowest BCUT2D eigenvalue weighted by atomic mass is 9.90. The summed E-state index contributed by atoms with van der Waals surface area (Å²) < 4.78 is 5.17. The monoisotopic (exact) mass is 223 g/mol. The fraction of sp³-hybridized carbons (Fsp3) is 0.538. The Morgan fingerprint density at radius 1 is 1.38 bits per heavy atom. The van der Waals surface area contributed by atoms with Gasteiger partial charge in [0.15, 0.2) is 11.5 Å². The average molecular weight is 223 g/mol. The maximum Gasteiger partial charge on any atom is 0.161 e. The Morgan fingerprint density at radius 3 is 2.50 bits per heavy atom. The largest absolute Gasteiger partial charge is 0.504 e. The molecule has 0 amide bonds. The van der Waals surface area contributed by atoms with Crippen LogP contribution in [0.4, 0.5) is 0 Å². The van der Waals surface area contributed by atoms with E-state index >= 15 is 0 Å². The van der Waals surface area contributed by atoms with Crippen LogP contribution in [0.1, 0.15) is 36.0 Å². The van der Waals surface area contributed by atoms with Gasteiger partial charge in [-0.15, -0.1) is 0 Å². The van der Waals surface area contributed by atoms with Gasteiger partial charge in [-0.25, -0.2) is 0 Å². The minimum atomic E-state index is 0.240. The topological polar surface area (TPSA) is 55.5 Å². The number of phenols is 1. The Bertz CT molecular complexity index is 375. The van der Waals surface area contributed by atoms with E-state index in [9.17, 15) is 5.11 Å². The van der Waals surface area contributed by atoms with Crippen LogP contribution >= 0.6 is 0 Å². The molecule has 0 heterocycles. The van der Waals surface area contributed by atoms with Gasteiger partial charge < -0.3 is 15.6 Å². The molecule has 0 radical (unpaired) electrons. The van der Waals surface area contributed by atoms with Crippen LogP contribution in [-0.4, -0.2) is 18.8 Å². The highest BCUT2D eigenvalue weighted by Crippen LogP contribution is 2.37. The van der Waals surface area contributed by atoms with Gasteiger partial charge in [0, 0.05) is 0 Å². The lowest BCUT2D eigenvalue weighted by Gasteiger charge is -2.18. The first-order valence-corrected chi connectivity index (χ1v) is 5.60. The molecule has 16 heavy (non-hydrogen) atoms. The molecule has 0 bridgehead atoms. The minimum Gasteiger partial charge on any atom is -0.504 e. The zero-order valence-electron chi connectivity index (χ0n) is 10.5. The van der Waals surface area contributed by atoms with E-state index < -0.39 is 0 Å². The van der Waals surface area contributed by atoms with Gasteiger partial charge in [-0.1, -0.05) is 6.92 Å². The van der Waals surface area contributed by atoms with Gasteiger partial charge in [0.1, 0.15) is 0 Å². The van der Waals surface area contributed by atoms with E-state index in [-0.39, 0.29) is 5.75 Å². The highest BCUT2D eigenvalue weighted by Gasteiger charge is 2.15. The molecule has 90 valence electrons. The Morgan fingerprint density at radius 2 is 2.00 bits per heavy atom. The number of nitrogens with two attached hydrogens (primary N) is 1. The Labute approximate surface area is 97.2 Å². The summed E-state index contributed by atoms with van der Waals surface area (Å²) in [4.78, 5) is 0. The van der Waals surface area contributed by atoms with Crippen LogP contribution in [0.2, 0.25) is 0 Å². The Hall–Kier alpha value is -1.22. The third kappa shape index (κ3) is 2.30. The molecule has 1 unspecified atom stereocenters. The molecule has 0 aliphatic heterocycles. The van der Waals surface area contributed by atoms with Crippen molar-refractivity contribution >= 4 is 0 Å². The molecule has 0 aliphatic carbocycles. The van der Waals surface area contributed by atoms with Gasteiger partial charge in [-0.2, -0.15) is 0 Å². The molecule has 0 saturated heterocycles. The van der Waals surface area contributed by atoms with Crippen molar-refractivity contribution in [1.29, 1.82) is 0 Å². The number of benzene rings is 1. The van der Waals surface area contributed by atoms with Crippen molar-refractivity contribution in [2.24, 2.45) is 5.73 Å². The second-order valence-electron chi connectivity index (χ2n) is 4.25. The molecule has 3 nitrogen and oxygen atoms in total. The lowest BCUT2D eigenvalue weighted by molar-refractivity contribution is 0.370. The normalized spacial score (nSPS) is 12.6. The summed E-state index contributed by atoms with van der Waals surface area (Å²) >= 11 is 0. The van der Waals surface area contributed by atoms with Gasteiger partial charge in [0.05, 0.1) is 7.11 Å². The molecule has 3 heteroatoms. The van der Waals surface area contributed by atoms with E-state index in [0.717, 1.165) is 17.5 Å². The van der Waals surface area contributed by atoms with Gasteiger partial charge in [-0.3, -0.25) is 0 Å². The third-order valence-corrected chi connectivity index (χ3v) is 3.22. The summed E-state index contributed by atoms with van der Waals surface area (Å²) in [7, 11) is 1.57. The van der Waals surface area contributed by atoms with E-state index in [0.29, 0.717) is 18.2 Å². The predicted molar refractivity (Wildman–Crippen MR) is 66.2 cm³/mol. The van der Waals surface area contributed by atoms with Crippen LogP contribution < -0.4 is 10.5 Å². The molecule has 0 aliphatic rings. The second-order valence-corrected chi connectivity index (χ2v) is 4.25. The van der Waals surface area contributed by atoms with Gasteiger partial charge in [-0.05, 0) is 55.5 Å². The smallest absolute Gasteiger partial charge is 0.161 e. The molecule has 1 rings (SSSR count). The van der Waals surface area contributed by atoms with E-state index in [4.69, 9.17) is 10.5 Å². The predicted octanol–water partition coefficient (Wildman–Crippen LogP) is 2.47. The van der Waals surface area contributed by atoms with Crippen molar-refractivity contribution < 1.29 is 9.84 Å². The summed E-state index contributed by atoms with van der Waals surface area (Å²) in [5.74, 6) is 1.17. The second kappa shape index (κ2) is 5.21. The SMILES string of the molecule is COc1cc(C(C)CCN)c(C)c(C)c1O.